The van der Waals surface area contributed by atoms with Gasteiger partial charge in [0, 0.05) is 25.6 Å². The van der Waals surface area contributed by atoms with Gasteiger partial charge >= 0.3 is 0 Å². The lowest BCUT2D eigenvalue weighted by molar-refractivity contribution is -0.145. The number of rotatable bonds is 2. The molecule has 0 aliphatic carbocycles. The van der Waals surface area contributed by atoms with Crippen LogP contribution in [-0.2, 0) is 16.1 Å². The molecule has 136 valence electrons. The van der Waals surface area contributed by atoms with Crippen LogP contribution in [0.2, 0.25) is 0 Å². The summed E-state index contributed by atoms with van der Waals surface area (Å²) >= 11 is 0. The zero-order valence-corrected chi connectivity index (χ0v) is 15.1. The summed E-state index contributed by atoms with van der Waals surface area (Å²) in [5.41, 5.74) is 0.970. The molecule has 3 heterocycles. The fourth-order valence-electron chi connectivity index (χ4n) is 3.97. The molecule has 1 aromatic carbocycles. The molecule has 2 amide bonds. The van der Waals surface area contributed by atoms with Crippen molar-refractivity contribution in [3.63, 3.8) is 0 Å². The molecule has 26 heavy (non-hydrogen) atoms. The topological polar surface area (TPSA) is 71.3 Å². The van der Waals surface area contributed by atoms with Crippen LogP contribution in [0.1, 0.15) is 38.6 Å². The maximum atomic E-state index is 13.1. The molecule has 0 spiro atoms. The SMILES string of the molecule is CC(=O)N1CCC[C@H]1C(=O)N1CCn2nc(-c3ccccc3)nc2[C@@H]1C. The summed E-state index contributed by atoms with van der Waals surface area (Å²) in [7, 11) is 0. The molecule has 0 bridgehead atoms. The van der Waals surface area contributed by atoms with Crippen LogP contribution in [0.5, 0.6) is 0 Å². The summed E-state index contributed by atoms with van der Waals surface area (Å²) in [5, 5.41) is 4.61. The van der Waals surface area contributed by atoms with E-state index in [4.69, 9.17) is 4.98 Å². The van der Waals surface area contributed by atoms with Gasteiger partial charge in [0.15, 0.2) is 5.82 Å². The normalized spacial score (nSPS) is 22.4. The number of benzene rings is 1. The molecule has 1 saturated heterocycles. The minimum absolute atomic E-state index is 0.0277. The number of likely N-dealkylation sites (tertiary alicyclic amines) is 1. The first kappa shape index (κ1) is 16.8. The number of carbonyl (C=O) groups is 2. The molecule has 7 nitrogen and oxygen atoms in total. The van der Waals surface area contributed by atoms with Gasteiger partial charge in [-0.15, -0.1) is 0 Å². The fraction of sp³-hybridized carbons (Fsp3) is 0.474. The van der Waals surface area contributed by atoms with Crippen molar-refractivity contribution in [2.24, 2.45) is 0 Å². The molecule has 1 fully saturated rings. The smallest absolute Gasteiger partial charge is 0.246 e. The minimum Gasteiger partial charge on any atom is -0.331 e. The average Bonchev–Trinajstić information content (AvgIpc) is 3.30. The number of hydrogen-bond acceptors (Lipinski definition) is 4. The second-order valence-electron chi connectivity index (χ2n) is 6.96. The first-order valence-corrected chi connectivity index (χ1v) is 9.14. The van der Waals surface area contributed by atoms with Crippen LogP contribution < -0.4 is 0 Å². The average molecular weight is 353 g/mol. The predicted molar refractivity (Wildman–Crippen MR) is 96.0 cm³/mol. The van der Waals surface area contributed by atoms with Gasteiger partial charge < -0.3 is 9.80 Å². The van der Waals surface area contributed by atoms with Crippen LogP contribution in [0.25, 0.3) is 11.4 Å². The summed E-state index contributed by atoms with van der Waals surface area (Å²) in [6, 6.07) is 9.37. The van der Waals surface area contributed by atoms with Crippen molar-refractivity contribution >= 4 is 11.8 Å². The number of fused-ring (bicyclic) bond motifs is 1. The maximum absolute atomic E-state index is 13.1. The van der Waals surface area contributed by atoms with Gasteiger partial charge in [-0.3, -0.25) is 9.59 Å². The largest absolute Gasteiger partial charge is 0.331 e. The lowest BCUT2D eigenvalue weighted by Gasteiger charge is -2.36. The fourth-order valence-corrected chi connectivity index (χ4v) is 3.97. The van der Waals surface area contributed by atoms with Gasteiger partial charge in [0.1, 0.15) is 11.9 Å². The number of aromatic nitrogens is 3. The molecule has 0 saturated carbocycles. The summed E-state index contributed by atoms with van der Waals surface area (Å²) in [5.74, 6) is 1.49. The number of hydrogen-bond donors (Lipinski definition) is 0. The third kappa shape index (κ3) is 2.77. The van der Waals surface area contributed by atoms with E-state index in [0.717, 1.165) is 24.2 Å². The molecule has 2 atom stereocenters. The Morgan fingerprint density at radius 1 is 1.08 bits per heavy atom. The van der Waals surface area contributed by atoms with Gasteiger partial charge in [-0.1, -0.05) is 30.3 Å². The van der Waals surface area contributed by atoms with Gasteiger partial charge in [0.05, 0.1) is 12.6 Å². The van der Waals surface area contributed by atoms with Gasteiger partial charge in [-0.05, 0) is 19.8 Å². The first-order valence-electron chi connectivity index (χ1n) is 9.14. The van der Waals surface area contributed by atoms with Crippen LogP contribution >= 0.6 is 0 Å². The second-order valence-corrected chi connectivity index (χ2v) is 6.96. The van der Waals surface area contributed by atoms with Crippen LogP contribution in [0, 0.1) is 0 Å². The number of carbonyl (C=O) groups excluding carboxylic acids is 2. The van der Waals surface area contributed by atoms with E-state index in [2.05, 4.69) is 5.10 Å². The Balaban J connectivity index is 1.58. The van der Waals surface area contributed by atoms with Crippen LogP contribution in [0.15, 0.2) is 30.3 Å². The number of amides is 2. The lowest BCUT2D eigenvalue weighted by Crippen LogP contribution is -2.50. The Labute approximate surface area is 152 Å². The van der Waals surface area contributed by atoms with Crippen molar-refractivity contribution < 1.29 is 9.59 Å². The Morgan fingerprint density at radius 2 is 1.85 bits per heavy atom. The van der Waals surface area contributed by atoms with Crippen molar-refractivity contribution in [3.05, 3.63) is 36.2 Å². The van der Waals surface area contributed by atoms with Crippen molar-refractivity contribution in [2.75, 3.05) is 13.1 Å². The third-order valence-electron chi connectivity index (χ3n) is 5.35. The summed E-state index contributed by atoms with van der Waals surface area (Å²) in [6.07, 6.45) is 1.62. The Bertz CT molecular complexity index is 832. The van der Waals surface area contributed by atoms with Crippen molar-refractivity contribution in [1.29, 1.82) is 0 Å². The molecule has 0 unspecified atom stereocenters. The van der Waals surface area contributed by atoms with E-state index in [1.165, 1.54) is 6.92 Å². The van der Waals surface area contributed by atoms with Gasteiger partial charge in [-0.25, -0.2) is 9.67 Å². The Hall–Kier alpha value is -2.70. The molecule has 1 aromatic heterocycles. The quantitative estimate of drug-likeness (QED) is 0.826. The number of nitrogens with zero attached hydrogens (tertiary/aromatic N) is 5. The molecular weight excluding hydrogens is 330 g/mol. The van der Waals surface area contributed by atoms with Crippen LogP contribution in [0.4, 0.5) is 0 Å². The summed E-state index contributed by atoms with van der Waals surface area (Å²) < 4.78 is 1.90. The molecule has 7 heteroatoms. The van der Waals surface area contributed by atoms with E-state index < -0.39 is 0 Å². The third-order valence-corrected chi connectivity index (χ3v) is 5.35. The van der Waals surface area contributed by atoms with Gasteiger partial charge in [0.2, 0.25) is 11.8 Å². The maximum Gasteiger partial charge on any atom is 0.246 e. The van der Waals surface area contributed by atoms with E-state index in [1.807, 2.05) is 46.8 Å². The monoisotopic (exact) mass is 353 g/mol. The van der Waals surface area contributed by atoms with E-state index in [0.29, 0.717) is 25.5 Å². The lowest BCUT2D eigenvalue weighted by atomic mass is 10.1. The van der Waals surface area contributed by atoms with Crippen LogP contribution in [0.3, 0.4) is 0 Å². The van der Waals surface area contributed by atoms with Crippen molar-refractivity contribution in [2.45, 2.75) is 45.3 Å². The Morgan fingerprint density at radius 3 is 2.58 bits per heavy atom. The van der Waals surface area contributed by atoms with Gasteiger partial charge in [-0.2, -0.15) is 5.10 Å². The highest BCUT2D eigenvalue weighted by molar-refractivity contribution is 5.87. The highest BCUT2D eigenvalue weighted by Gasteiger charge is 2.39. The minimum atomic E-state index is -0.335. The molecule has 2 aromatic rings. The van der Waals surface area contributed by atoms with E-state index in [1.54, 1.807) is 4.90 Å². The van der Waals surface area contributed by atoms with E-state index in [-0.39, 0.29) is 23.9 Å². The van der Waals surface area contributed by atoms with Crippen molar-refractivity contribution in [3.8, 4) is 11.4 Å². The van der Waals surface area contributed by atoms with Gasteiger partial charge in [0.25, 0.3) is 0 Å². The standard InChI is InChI=1S/C19H23N5O2/c1-13-18-20-17(15-7-4-3-5-8-15)21-24(18)12-11-22(13)19(26)16-9-6-10-23(16)14(2)25/h3-5,7-8,13,16H,6,9-12H2,1-2H3/t13-,16-/m0/s1. The molecule has 2 aliphatic rings. The molecule has 2 aliphatic heterocycles. The molecule has 0 radical (unpaired) electrons. The van der Waals surface area contributed by atoms with Crippen LogP contribution in [-0.4, -0.2) is 55.5 Å². The molecular formula is C19H23N5O2. The zero-order valence-electron chi connectivity index (χ0n) is 15.1. The highest BCUT2D eigenvalue weighted by Crippen LogP contribution is 2.29. The highest BCUT2D eigenvalue weighted by atomic mass is 16.2. The Kier molecular flexibility index (Phi) is 4.22. The summed E-state index contributed by atoms with van der Waals surface area (Å²) in [6.45, 7) is 5.40. The predicted octanol–water partition coefficient (Wildman–Crippen LogP) is 1.86. The first-order chi connectivity index (χ1) is 12.6. The summed E-state index contributed by atoms with van der Waals surface area (Å²) in [4.78, 5) is 33.1. The van der Waals surface area contributed by atoms with E-state index >= 15 is 0 Å². The molecule has 4 rings (SSSR count). The molecule has 0 N–H and O–H groups in total. The zero-order chi connectivity index (χ0) is 18.3. The second kappa shape index (κ2) is 6.55. The van der Waals surface area contributed by atoms with Crippen molar-refractivity contribution in [1.82, 2.24) is 24.6 Å². The van der Waals surface area contributed by atoms with E-state index in [9.17, 15) is 9.59 Å².